The van der Waals surface area contributed by atoms with E-state index in [0.717, 1.165) is 8.26 Å². The molecule has 1 rings (SSSR count). The topological polar surface area (TPSA) is 0 Å². The number of thiophene rings is 1. The van der Waals surface area contributed by atoms with Gasteiger partial charge < -0.3 is 0 Å². The number of hydrogen-bond donors (Lipinski definition) is 0. The standard InChI is InChI=1S/C6H3Br3F2S/c7-2-1-3(12-5(2)9)4(8)6(10)11/h1,4,6H. The highest BCUT2D eigenvalue weighted by atomic mass is 79.9. The summed E-state index contributed by atoms with van der Waals surface area (Å²) in [5.74, 6) is 0. The maximum Gasteiger partial charge on any atom is 0.255 e. The molecule has 12 heavy (non-hydrogen) atoms. The second kappa shape index (κ2) is 4.48. The van der Waals surface area contributed by atoms with Gasteiger partial charge >= 0.3 is 0 Å². The molecule has 0 spiro atoms. The van der Waals surface area contributed by atoms with E-state index in [-0.39, 0.29) is 0 Å². The summed E-state index contributed by atoms with van der Waals surface area (Å²) >= 11 is 10.7. The van der Waals surface area contributed by atoms with Crippen LogP contribution < -0.4 is 0 Å². The van der Waals surface area contributed by atoms with Gasteiger partial charge in [-0.2, -0.15) is 0 Å². The summed E-state index contributed by atoms with van der Waals surface area (Å²) < 4.78 is 26.0. The summed E-state index contributed by atoms with van der Waals surface area (Å²) in [4.78, 5) is -0.256. The van der Waals surface area contributed by atoms with Gasteiger partial charge in [0.1, 0.15) is 4.83 Å². The highest BCUT2D eigenvalue weighted by Crippen LogP contribution is 2.40. The van der Waals surface area contributed by atoms with Crippen LogP contribution in [0.15, 0.2) is 14.3 Å². The first-order valence-corrected chi connectivity index (χ1v) is 6.21. The smallest absolute Gasteiger partial charge is 0.209 e. The Morgan fingerprint density at radius 2 is 1.92 bits per heavy atom. The fraction of sp³-hybridized carbons (Fsp3) is 0.333. The highest BCUT2D eigenvalue weighted by Gasteiger charge is 2.21. The Morgan fingerprint density at radius 1 is 1.33 bits per heavy atom. The SMILES string of the molecule is FC(F)C(Br)c1cc(Br)c(Br)s1. The van der Waals surface area contributed by atoms with Gasteiger partial charge in [0.2, 0.25) is 0 Å². The number of halogens is 5. The minimum atomic E-state index is -2.37. The fourth-order valence-electron chi connectivity index (χ4n) is 0.623. The first-order valence-electron chi connectivity index (χ1n) is 2.89. The molecule has 0 fully saturated rings. The number of rotatable bonds is 2. The molecule has 0 bridgehead atoms. The van der Waals surface area contributed by atoms with Gasteiger partial charge in [0, 0.05) is 9.35 Å². The van der Waals surface area contributed by atoms with E-state index in [1.807, 2.05) is 0 Å². The van der Waals surface area contributed by atoms with Crippen LogP contribution in [0.4, 0.5) is 8.78 Å². The summed E-state index contributed by atoms with van der Waals surface area (Å²) in [6.45, 7) is 0. The average Bonchev–Trinajstić information content (AvgIpc) is 2.30. The Bertz CT molecular complexity index is 254. The highest BCUT2D eigenvalue weighted by molar-refractivity contribution is 9.13. The Balaban J connectivity index is 2.89. The predicted octanol–water partition coefficient (Wildman–Crippen LogP) is 4.97. The van der Waals surface area contributed by atoms with Crippen LogP contribution in [0.2, 0.25) is 0 Å². The molecule has 1 atom stereocenters. The van der Waals surface area contributed by atoms with Gasteiger partial charge in [0.05, 0.1) is 3.79 Å². The summed E-state index contributed by atoms with van der Waals surface area (Å²) in [5, 5.41) is 0. The van der Waals surface area contributed by atoms with Crippen LogP contribution in [0.25, 0.3) is 0 Å². The molecule has 0 saturated carbocycles. The van der Waals surface area contributed by atoms with Crippen molar-refractivity contribution in [2.24, 2.45) is 0 Å². The van der Waals surface area contributed by atoms with Crippen LogP contribution in [0, 0.1) is 0 Å². The van der Waals surface area contributed by atoms with Crippen LogP contribution in [-0.2, 0) is 0 Å². The van der Waals surface area contributed by atoms with Gasteiger partial charge in [-0.15, -0.1) is 11.3 Å². The van der Waals surface area contributed by atoms with Crippen LogP contribution in [0.5, 0.6) is 0 Å². The zero-order chi connectivity index (χ0) is 9.30. The van der Waals surface area contributed by atoms with Gasteiger partial charge in [-0.25, -0.2) is 8.78 Å². The maximum atomic E-state index is 12.2. The molecule has 0 aliphatic carbocycles. The second-order valence-corrected chi connectivity index (χ2v) is 6.25. The monoisotopic (exact) mass is 382 g/mol. The third-order valence-corrected chi connectivity index (χ3v) is 5.69. The second-order valence-electron chi connectivity index (χ2n) is 2.01. The zero-order valence-corrected chi connectivity index (χ0v) is 11.1. The van der Waals surface area contributed by atoms with Gasteiger partial charge in [-0.3, -0.25) is 0 Å². The van der Waals surface area contributed by atoms with E-state index in [1.165, 1.54) is 11.3 Å². The molecule has 0 amide bonds. The summed E-state index contributed by atoms with van der Waals surface area (Å²) in [7, 11) is 0. The van der Waals surface area contributed by atoms with Crippen LogP contribution in [0.3, 0.4) is 0 Å². The van der Waals surface area contributed by atoms with Gasteiger partial charge in [0.15, 0.2) is 0 Å². The lowest BCUT2D eigenvalue weighted by molar-refractivity contribution is 0.148. The molecule has 1 heterocycles. The summed E-state index contributed by atoms with van der Waals surface area (Å²) in [6.07, 6.45) is -2.37. The lowest BCUT2D eigenvalue weighted by atomic mass is 10.3. The normalized spacial score (nSPS) is 13.8. The molecule has 0 aliphatic heterocycles. The Morgan fingerprint density at radius 3 is 2.25 bits per heavy atom. The molecule has 0 radical (unpaired) electrons. The Kier molecular flexibility index (Phi) is 4.14. The van der Waals surface area contributed by atoms with Crippen molar-refractivity contribution in [2.45, 2.75) is 11.3 Å². The van der Waals surface area contributed by atoms with Crippen LogP contribution in [0.1, 0.15) is 9.70 Å². The van der Waals surface area contributed by atoms with Crippen molar-refractivity contribution in [3.63, 3.8) is 0 Å². The van der Waals surface area contributed by atoms with Crippen molar-refractivity contribution >= 4 is 59.1 Å². The largest absolute Gasteiger partial charge is 0.255 e. The first-order chi connectivity index (χ1) is 5.52. The lowest BCUT2D eigenvalue weighted by Gasteiger charge is -2.03. The molecule has 0 saturated heterocycles. The van der Waals surface area contributed by atoms with E-state index in [1.54, 1.807) is 6.07 Å². The molecular weight excluding hydrogens is 382 g/mol. The molecular formula is C6H3Br3F2S. The third kappa shape index (κ3) is 2.49. The van der Waals surface area contributed by atoms with Crippen LogP contribution in [-0.4, -0.2) is 6.43 Å². The molecule has 0 N–H and O–H groups in total. The van der Waals surface area contributed by atoms with E-state index in [2.05, 4.69) is 47.8 Å². The Hall–Kier alpha value is 1.000. The van der Waals surface area contributed by atoms with Gasteiger partial charge in [-0.05, 0) is 37.9 Å². The molecule has 1 aromatic heterocycles. The lowest BCUT2D eigenvalue weighted by Crippen LogP contribution is -1.98. The van der Waals surface area contributed by atoms with Crippen molar-refractivity contribution in [2.75, 3.05) is 0 Å². The quantitative estimate of drug-likeness (QED) is 0.631. The Labute approximate surface area is 97.7 Å². The molecule has 0 aromatic carbocycles. The van der Waals surface area contributed by atoms with Crippen molar-refractivity contribution in [1.82, 2.24) is 0 Å². The molecule has 6 heteroatoms. The minimum Gasteiger partial charge on any atom is -0.209 e. The zero-order valence-electron chi connectivity index (χ0n) is 5.53. The third-order valence-electron chi connectivity index (χ3n) is 1.16. The summed E-state index contributed by atoms with van der Waals surface area (Å²) in [5.41, 5.74) is 0. The predicted molar refractivity (Wildman–Crippen MR) is 57.4 cm³/mol. The molecule has 1 unspecified atom stereocenters. The molecule has 0 aliphatic rings. The molecule has 68 valence electrons. The van der Waals surface area contributed by atoms with E-state index < -0.39 is 11.3 Å². The van der Waals surface area contributed by atoms with E-state index in [9.17, 15) is 8.78 Å². The van der Waals surface area contributed by atoms with E-state index >= 15 is 0 Å². The van der Waals surface area contributed by atoms with Crippen molar-refractivity contribution in [1.29, 1.82) is 0 Å². The molecule has 0 nitrogen and oxygen atoms in total. The van der Waals surface area contributed by atoms with E-state index in [4.69, 9.17) is 0 Å². The number of hydrogen-bond acceptors (Lipinski definition) is 1. The summed E-state index contributed by atoms with van der Waals surface area (Å²) in [6, 6.07) is 1.68. The molecule has 1 aromatic rings. The van der Waals surface area contributed by atoms with Gasteiger partial charge in [-0.1, -0.05) is 15.9 Å². The van der Waals surface area contributed by atoms with Crippen LogP contribution >= 0.6 is 59.1 Å². The van der Waals surface area contributed by atoms with Crippen molar-refractivity contribution < 1.29 is 8.78 Å². The van der Waals surface area contributed by atoms with Crippen molar-refractivity contribution in [3.8, 4) is 0 Å². The average molecular weight is 385 g/mol. The maximum absolute atomic E-state index is 12.2. The minimum absolute atomic E-state index is 0.615. The first kappa shape index (κ1) is 11.1. The van der Waals surface area contributed by atoms with E-state index in [0.29, 0.717) is 4.88 Å². The fourth-order valence-corrected chi connectivity index (χ4v) is 3.11. The van der Waals surface area contributed by atoms with Gasteiger partial charge in [0.25, 0.3) is 6.43 Å². The number of alkyl halides is 3. The van der Waals surface area contributed by atoms with Crippen molar-refractivity contribution in [3.05, 3.63) is 19.2 Å².